The predicted molar refractivity (Wildman–Crippen MR) is 42.9 cm³/mol. The van der Waals surface area contributed by atoms with Gasteiger partial charge in [-0.15, -0.1) is 0 Å². The lowest BCUT2D eigenvalue weighted by Gasteiger charge is -2.00. The SMILES string of the molecule is CNC(=O)CNC(=O)c1ccon1. The van der Waals surface area contributed by atoms with Gasteiger partial charge in [0.25, 0.3) is 5.91 Å². The molecule has 0 radical (unpaired) electrons. The standard InChI is InChI=1S/C7H9N3O3/c1-8-6(11)4-9-7(12)5-2-3-13-10-5/h2-3H,4H2,1H3,(H,8,11)(H,9,12). The van der Waals surface area contributed by atoms with Crippen molar-refractivity contribution in [3.63, 3.8) is 0 Å². The van der Waals surface area contributed by atoms with Gasteiger partial charge in [0.2, 0.25) is 5.91 Å². The smallest absolute Gasteiger partial charge is 0.273 e. The van der Waals surface area contributed by atoms with Gasteiger partial charge >= 0.3 is 0 Å². The van der Waals surface area contributed by atoms with Gasteiger partial charge < -0.3 is 15.2 Å². The van der Waals surface area contributed by atoms with Crippen molar-refractivity contribution < 1.29 is 14.1 Å². The van der Waals surface area contributed by atoms with E-state index in [0.717, 1.165) is 0 Å². The van der Waals surface area contributed by atoms with E-state index < -0.39 is 5.91 Å². The number of amides is 2. The van der Waals surface area contributed by atoms with Crippen molar-refractivity contribution in [3.05, 3.63) is 18.0 Å². The molecule has 1 heterocycles. The molecule has 2 N–H and O–H groups in total. The number of hydrogen-bond donors (Lipinski definition) is 2. The van der Waals surface area contributed by atoms with Crippen LogP contribution in [-0.4, -0.2) is 30.6 Å². The van der Waals surface area contributed by atoms with Crippen molar-refractivity contribution >= 4 is 11.8 Å². The van der Waals surface area contributed by atoms with Crippen molar-refractivity contribution in [2.45, 2.75) is 0 Å². The topological polar surface area (TPSA) is 84.2 Å². The van der Waals surface area contributed by atoms with Crippen molar-refractivity contribution in [2.24, 2.45) is 0 Å². The van der Waals surface area contributed by atoms with E-state index in [1.165, 1.54) is 19.4 Å². The molecule has 1 aromatic rings. The first-order valence-corrected chi connectivity index (χ1v) is 3.63. The quantitative estimate of drug-likeness (QED) is 0.639. The summed E-state index contributed by atoms with van der Waals surface area (Å²) in [6.07, 6.45) is 1.29. The fourth-order valence-corrected chi connectivity index (χ4v) is 0.669. The minimum Gasteiger partial charge on any atom is -0.364 e. The van der Waals surface area contributed by atoms with Gasteiger partial charge in [-0.3, -0.25) is 9.59 Å². The minimum absolute atomic E-state index is 0.0673. The minimum atomic E-state index is -0.433. The first kappa shape index (κ1) is 9.24. The number of carbonyl (C=O) groups is 2. The fraction of sp³-hybridized carbons (Fsp3) is 0.286. The third-order valence-electron chi connectivity index (χ3n) is 1.36. The molecule has 0 fully saturated rings. The summed E-state index contributed by atoms with van der Waals surface area (Å²) in [4.78, 5) is 21.8. The van der Waals surface area contributed by atoms with Crippen LogP contribution in [0.25, 0.3) is 0 Å². The Labute approximate surface area is 74.3 Å². The van der Waals surface area contributed by atoms with Crippen LogP contribution in [0.15, 0.2) is 16.9 Å². The molecule has 0 aliphatic heterocycles. The summed E-state index contributed by atoms with van der Waals surface area (Å²) >= 11 is 0. The summed E-state index contributed by atoms with van der Waals surface area (Å²) < 4.78 is 4.46. The molecule has 70 valence electrons. The molecule has 0 saturated heterocycles. The molecule has 6 nitrogen and oxygen atoms in total. The van der Waals surface area contributed by atoms with Gasteiger partial charge in [-0.1, -0.05) is 5.16 Å². The summed E-state index contributed by atoms with van der Waals surface area (Å²) in [7, 11) is 1.49. The van der Waals surface area contributed by atoms with Crippen LogP contribution >= 0.6 is 0 Å². The van der Waals surface area contributed by atoms with Gasteiger partial charge in [0.15, 0.2) is 5.69 Å². The Morgan fingerprint density at radius 1 is 1.62 bits per heavy atom. The number of carbonyl (C=O) groups excluding carboxylic acids is 2. The lowest BCUT2D eigenvalue weighted by Crippen LogP contribution is -2.35. The van der Waals surface area contributed by atoms with Crippen LogP contribution in [0.3, 0.4) is 0 Å². The zero-order valence-corrected chi connectivity index (χ0v) is 7.03. The second kappa shape index (κ2) is 4.24. The van der Waals surface area contributed by atoms with Crippen molar-refractivity contribution in [2.75, 3.05) is 13.6 Å². The summed E-state index contributed by atoms with van der Waals surface area (Å²) in [5.74, 6) is -0.700. The summed E-state index contributed by atoms with van der Waals surface area (Å²) in [6.45, 7) is -0.0673. The average Bonchev–Trinajstić information content (AvgIpc) is 2.66. The maximum atomic E-state index is 11.1. The van der Waals surface area contributed by atoms with Crippen LogP contribution in [0, 0.1) is 0 Å². The van der Waals surface area contributed by atoms with Crippen LogP contribution in [0.5, 0.6) is 0 Å². The maximum Gasteiger partial charge on any atom is 0.273 e. The monoisotopic (exact) mass is 183 g/mol. The number of nitrogens with one attached hydrogen (secondary N) is 2. The lowest BCUT2D eigenvalue weighted by atomic mass is 10.4. The Bertz CT molecular complexity index is 294. The van der Waals surface area contributed by atoms with Gasteiger partial charge in [-0.2, -0.15) is 0 Å². The molecule has 0 spiro atoms. The molecular formula is C7H9N3O3. The second-order valence-corrected chi connectivity index (χ2v) is 2.24. The Morgan fingerprint density at radius 2 is 2.38 bits per heavy atom. The summed E-state index contributed by atoms with van der Waals surface area (Å²) in [6, 6.07) is 1.42. The Hall–Kier alpha value is -1.85. The Balaban J connectivity index is 2.39. The number of likely N-dealkylation sites (N-methyl/N-ethyl adjacent to an activating group) is 1. The molecule has 0 aliphatic rings. The van der Waals surface area contributed by atoms with Crippen LogP contribution in [0.1, 0.15) is 10.5 Å². The van der Waals surface area contributed by atoms with Gasteiger partial charge in [-0.25, -0.2) is 0 Å². The molecule has 1 rings (SSSR count). The highest BCUT2D eigenvalue weighted by atomic mass is 16.5. The third-order valence-corrected chi connectivity index (χ3v) is 1.36. The highest BCUT2D eigenvalue weighted by Crippen LogP contribution is 1.92. The van der Waals surface area contributed by atoms with Crippen molar-refractivity contribution in [1.29, 1.82) is 0 Å². The summed E-state index contributed by atoms with van der Waals surface area (Å²) in [5, 5.41) is 8.13. The molecule has 0 aliphatic carbocycles. The predicted octanol–water partition coefficient (Wildman–Crippen LogP) is -0.850. The molecule has 13 heavy (non-hydrogen) atoms. The van der Waals surface area contributed by atoms with E-state index in [0.29, 0.717) is 0 Å². The highest BCUT2D eigenvalue weighted by molar-refractivity contribution is 5.94. The van der Waals surface area contributed by atoms with E-state index >= 15 is 0 Å². The molecule has 1 aromatic heterocycles. The Morgan fingerprint density at radius 3 is 2.92 bits per heavy atom. The van der Waals surface area contributed by atoms with Crippen LogP contribution < -0.4 is 10.6 Å². The normalized spacial score (nSPS) is 9.31. The molecular weight excluding hydrogens is 174 g/mol. The first-order chi connectivity index (χ1) is 6.24. The number of rotatable bonds is 3. The molecule has 0 saturated carbocycles. The van der Waals surface area contributed by atoms with E-state index in [4.69, 9.17) is 0 Å². The molecule has 0 bridgehead atoms. The van der Waals surface area contributed by atoms with Crippen LogP contribution in [-0.2, 0) is 4.79 Å². The van der Waals surface area contributed by atoms with Gasteiger partial charge in [-0.05, 0) is 0 Å². The van der Waals surface area contributed by atoms with Crippen molar-refractivity contribution in [1.82, 2.24) is 15.8 Å². The molecule has 0 aromatic carbocycles. The van der Waals surface area contributed by atoms with E-state index in [1.807, 2.05) is 0 Å². The number of hydrogen-bond acceptors (Lipinski definition) is 4. The largest absolute Gasteiger partial charge is 0.364 e. The van der Waals surface area contributed by atoms with Crippen molar-refractivity contribution in [3.8, 4) is 0 Å². The zero-order valence-electron chi connectivity index (χ0n) is 7.03. The fourth-order valence-electron chi connectivity index (χ4n) is 0.669. The molecule has 2 amide bonds. The average molecular weight is 183 g/mol. The van der Waals surface area contributed by atoms with Crippen LogP contribution in [0.4, 0.5) is 0 Å². The van der Waals surface area contributed by atoms with Crippen LogP contribution in [0.2, 0.25) is 0 Å². The second-order valence-electron chi connectivity index (χ2n) is 2.24. The Kier molecular flexibility index (Phi) is 3.02. The molecule has 6 heteroatoms. The van der Waals surface area contributed by atoms with E-state index in [1.54, 1.807) is 0 Å². The van der Waals surface area contributed by atoms with E-state index in [2.05, 4.69) is 20.3 Å². The third kappa shape index (κ3) is 2.58. The first-order valence-electron chi connectivity index (χ1n) is 3.63. The van der Waals surface area contributed by atoms with Gasteiger partial charge in [0.05, 0.1) is 6.54 Å². The molecule has 0 unspecified atom stereocenters. The van der Waals surface area contributed by atoms with E-state index in [-0.39, 0.29) is 18.1 Å². The molecule has 0 atom stereocenters. The van der Waals surface area contributed by atoms with Gasteiger partial charge in [0.1, 0.15) is 6.26 Å². The maximum absolute atomic E-state index is 11.1. The summed E-state index contributed by atoms with van der Waals surface area (Å²) in [5.41, 5.74) is 0.156. The highest BCUT2D eigenvalue weighted by Gasteiger charge is 2.08. The lowest BCUT2D eigenvalue weighted by molar-refractivity contribution is -0.119. The number of aromatic nitrogens is 1. The number of nitrogens with zero attached hydrogens (tertiary/aromatic N) is 1. The van der Waals surface area contributed by atoms with E-state index in [9.17, 15) is 9.59 Å². The zero-order chi connectivity index (χ0) is 9.68. The van der Waals surface area contributed by atoms with Gasteiger partial charge in [0, 0.05) is 13.1 Å².